The van der Waals surface area contributed by atoms with Gasteiger partial charge >= 0.3 is 0 Å². The van der Waals surface area contributed by atoms with Crippen LogP contribution in [0.2, 0.25) is 0 Å². The maximum absolute atomic E-state index is 9.53. The molecule has 0 amide bonds. The second kappa shape index (κ2) is 8.25. The van der Waals surface area contributed by atoms with Crippen molar-refractivity contribution in [3.05, 3.63) is 0 Å². The highest BCUT2D eigenvalue weighted by atomic mass is 16.3. The lowest BCUT2D eigenvalue weighted by atomic mass is 9.94. The highest BCUT2D eigenvalue weighted by molar-refractivity contribution is 4.66. The first-order valence-electron chi connectivity index (χ1n) is 6.01. The normalized spacial score (nSPS) is 15.9. The first-order valence-corrected chi connectivity index (χ1v) is 6.01. The summed E-state index contributed by atoms with van der Waals surface area (Å²) >= 11 is 0. The standard InChI is InChI=1S/C12H26O2/c1-4-10(5-2)8-7-9-12(14)11(13)6-3/h10-14H,4-9H2,1-3H3. The molecule has 0 aromatic rings. The summed E-state index contributed by atoms with van der Waals surface area (Å²) < 4.78 is 0. The zero-order valence-corrected chi connectivity index (χ0v) is 9.87. The summed E-state index contributed by atoms with van der Waals surface area (Å²) in [5.74, 6) is 0.793. The molecule has 0 saturated heterocycles. The van der Waals surface area contributed by atoms with Crippen LogP contribution in [-0.4, -0.2) is 22.4 Å². The lowest BCUT2D eigenvalue weighted by Gasteiger charge is -2.17. The minimum absolute atomic E-state index is 0.519. The van der Waals surface area contributed by atoms with Gasteiger partial charge in [-0.15, -0.1) is 0 Å². The van der Waals surface area contributed by atoms with E-state index in [1.54, 1.807) is 0 Å². The zero-order chi connectivity index (χ0) is 11.0. The molecule has 0 bridgehead atoms. The van der Waals surface area contributed by atoms with E-state index in [4.69, 9.17) is 0 Å². The number of hydrogen-bond donors (Lipinski definition) is 2. The van der Waals surface area contributed by atoms with Crippen LogP contribution in [0, 0.1) is 5.92 Å². The van der Waals surface area contributed by atoms with Crippen molar-refractivity contribution in [3.8, 4) is 0 Å². The Hall–Kier alpha value is -0.0800. The molecular weight excluding hydrogens is 176 g/mol. The van der Waals surface area contributed by atoms with Crippen LogP contribution in [0.25, 0.3) is 0 Å². The Balaban J connectivity index is 3.52. The molecule has 0 spiro atoms. The van der Waals surface area contributed by atoms with E-state index in [2.05, 4.69) is 13.8 Å². The molecule has 2 atom stereocenters. The van der Waals surface area contributed by atoms with Gasteiger partial charge in [-0.05, 0) is 18.8 Å². The monoisotopic (exact) mass is 202 g/mol. The molecule has 0 aromatic heterocycles. The van der Waals surface area contributed by atoms with Crippen molar-refractivity contribution in [2.45, 2.75) is 71.5 Å². The van der Waals surface area contributed by atoms with Gasteiger partial charge < -0.3 is 10.2 Å². The molecular formula is C12H26O2. The maximum Gasteiger partial charge on any atom is 0.0799 e. The van der Waals surface area contributed by atoms with Gasteiger partial charge in [-0.1, -0.05) is 46.5 Å². The highest BCUT2D eigenvalue weighted by Crippen LogP contribution is 2.17. The van der Waals surface area contributed by atoms with Crippen LogP contribution in [-0.2, 0) is 0 Å². The zero-order valence-electron chi connectivity index (χ0n) is 9.87. The first-order chi connectivity index (χ1) is 6.65. The van der Waals surface area contributed by atoms with Crippen molar-refractivity contribution < 1.29 is 10.2 Å². The van der Waals surface area contributed by atoms with Crippen LogP contribution in [0.3, 0.4) is 0 Å². The van der Waals surface area contributed by atoms with E-state index in [0.29, 0.717) is 6.42 Å². The second-order valence-electron chi connectivity index (χ2n) is 4.16. The van der Waals surface area contributed by atoms with Crippen LogP contribution in [0.5, 0.6) is 0 Å². The summed E-state index contributed by atoms with van der Waals surface area (Å²) in [4.78, 5) is 0. The molecule has 0 aliphatic carbocycles. The number of hydrogen-bond acceptors (Lipinski definition) is 2. The molecule has 0 saturated carbocycles. The predicted molar refractivity (Wildman–Crippen MR) is 60.2 cm³/mol. The fourth-order valence-electron chi connectivity index (χ4n) is 1.78. The fraction of sp³-hybridized carbons (Fsp3) is 1.00. The summed E-state index contributed by atoms with van der Waals surface area (Å²) in [5, 5.41) is 18.9. The van der Waals surface area contributed by atoms with Crippen LogP contribution < -0.4 is 0 Å². The molecule has 0 aliphatic rings. The minimum atomic E-state index is -0.531. The van der Waals surface area contributed by atoms with Gasteiger partial charge in [0.05, 0.1) is 12.2 Å². The Bertz CT molecular complexity index is 121. The van der Waals surface area contributed by atoms with Gasteiger partial charge in [-0.3, -0.25) is 0 Å². The fourth-order valence-corrected chi connectivity index (χ4v) is 1.78. The summed E-state index contributed by atoms with van der Waals surface area (Å²) in [6, 6.07) is 0. The molecule has 0 rings (SSSR count). The molecule has 86 valence electrons. The van der Waals surface area contributed by atoms with Gasteiger partial charge in [-0.25, -0.2) is 0 Å². The van der Waals surface area contributed by atoms with Crippen molar-refractivity contribution in [2.24, 2.45) is 5.92 Å². The summed E-state index contributed by atoms with van der Waals surface area (Å²) in [6.45, 7) is 6.33. The van der Waals surface area contributed by atoms with Crippen LogP contribution in [0.1, 0.15) is 59.3 Å². The van der Waals surface area contributed by atoms with Crippen molar-refractivity contribution in [3.63, 3.8) is 0 Å². The molecule has 0 fully saturated rings. The van der Waals surface area contributed by atoms with Gasteiger partial charge in [-0.2, -0.15) is 0 Å². The largest absolute Gasteiger partial charge is 0.390 e. The Morgan fingerprint density at radius 1 is 0.786 bits per heavy atom. The molecule has 0 aromatic carbocycles. The van der Waals surface area contributed by atoms with Gasteiger partial charge in [0.15, 0.2) is 0 Å². The molecule has 2 N–H and O–H groups in total. The predicted octanol–water partition coefficient (Wildman–Crippen LogP) is 2.72. The molecule has 0 heterocycles. The number of aliphatic hydroxyl groups is 2. The molecule has 0 radical (unpaired) electrons. The topological polar surface area (TPSA) is 40.5 Å². The average molecular weight is 202 g/mol. The Morgan fingerprint density at radius 3 is 1.79 bits per heavy atom. The van der Waals surface area contributed by atoms with E-state index in [-0.39, 0.29) is 0 Å². The third-order valence-electron chi connectivity index (χ3n) is 3.13. The van der Waals surface area contributed by atoms with Crippen molar-refractivity contribution in [1.82, 2.24) is 0 Å². The highest BCUT2D eigenvalue weighted by Gasteiger charge is 2.14. The quantitative estimate of drug-likeness (QED) is 0.635. The van der Waals surface area contributed by atoms with Crippen LogP contribution in [0.4, 0.5) is 0 Å². The molecule has 0 aliphatic heterocycles. The van der Waals surface area contributed by atoms with E-state index in [1.165, 1.54) is 19.3 Å². The van der Waals surface area contributed by atoms with Gasteiger partial charge in [0.2, 0.25) is 0 Å². The van der Waals surface area contributed by atoms with Gasteiger partial charge in [0.1, 0.15) is 0 Å². The summed E-state index contributed by atoms with van der Waals surface area (Å²) in [6.07, 6.45) is 5.00. The van der Waals surface area contributed by atoms with E-state index in [0.717, 1.165) is 18.8 Å². The van der Waals surface area contributed by atoms with Gasteiger partial charge in [0, 0.05) is 0 Å². The SMILES string of the molecule is CCC(CC)CCCC(O)C(O)CC. The van der Waals surface area contributed by atoms with Gasteiger partial charge in [0.25, 0.3) is 0 Å². The molecule has 14 heavy (non-hydrogen) atoms. The molecule has 2 nitrogen and oxygen atoms in total. The lowest BCUT2D eigenvalue weighted by molar-refractivity contribution is 0.0108. The first kappa shape index (κ1) is 13.9. The third-order valence-corrected chi connectivity index (χ3v) is 3.13. The number of aliphatic hydroxyl groups excluding tert-OH is 2. The molecule has 2 heteroatoms. The van der Waals surface area contributed by atoms with E-state index in [1.807, 2.05) is 6.92 Å². The maximum atomic E-state index is 9.53. The molecule has 2 unspecified atom stereocenters. The minimum Gasteiger partial charge on any atom is -0.390 e. The number of rotatable bonds is 8. The van der Waals surface area contributed by atoms with Crippen molar-refractivity contribution in [1.29, 1.82) is 0 Å². The van der Waals surface area contributed by atoms with E-state index in [9.17, 15) is 10.2 Å². The summed E-state index contributed by atoms with van der Waals surface area (Å²) in [7, 11) is 0. The Kier molecular flexibility index (Phi) is 8.20. The third kappa shape index (κ3) is 5.61. The average Bonchev–Trinajstić information content (AvgIpc) is 2.22. The van der Waals surface area contributed by atoms with E-state index >= 15 is 0 Å². The lowest BCUT2D eigenvalue weighted by Crippen LogP contribution is -2.24. The smallest absolute Gasteiger partial charge is 0.0799 e. The summed E-state index contributed by atoms with van der Waals surface area (Å²) in [5.41, 5.74) is 0. The van der Waals surface area contributed by atoms with E-state index < -0.39 is 12.2 Å². The van der Waals surface area contributed by atoms with Crippen LogP contribution >= 0.6 is 0 Å². The second-order valence-corrected chi connectivity index (χ2v) is 4.16. The van der Waals surface area contributed by atoms with Crippen molar-refractivity contribution >= 4 is 0 Å². The van der Waals surface area contributed by atoms with Crippen molar-refractivity contribution in [2.75, 3.05) is 0 Å². The Morgan fingerprint density at radius 2 is 1.36 bits per heavy atom. The Labute approximate surface area is 88.3 Å². The van der Waals surface area contributed by atoms with Crippen LogP contribution in [0.15, 0.2) is 0 Å².